The maximum atomic E-state index is 13.3. The summed E-state index contributed by atoms with van der Waals surface area (Å²) < 4.78 is 26.7. The zero-order valence-corrected chi connectivity index (χ0v) is 18.5. The predicted molar refractivity (Wildman–Crippen MR) is 123 cm³/mol. The molecule has 1 aromatic heterocycles. The van der Waals surface area contributed by atoms with E-state index in [1.54, 1.807) is 6.20 Å². The van der Waals surface area contributed by atoms with E-state index >= 15 is 0 Å². The fraction of sp³-hybridized carbons (Fsp3) is 0.360. The van der Waals surface area contributed by atoms with Crippen LogP contribution in [0.4, 0.5) is 14.7 Å². The second-order valence-corrected chi connectivity index (χ2v) is 8.51. The summed E-state index contributed by atoms with van der Waals surface area (Å²) in [6.07, 6.45) is 2.19. The van der Waals surface area contributed by atoms with Crippen LogP contribution in [-0.2, 0) is 13.0 Å². The minimum absolute atomic E-state index is 0.471. The second-order valence-electron chi connectivity index (χ2n) is 8.51. The van der Waals surface area contributed by atoms with Gasteiger partial charge in [-0.2, -0.15) is 0 Å². The van der Waals surface area contributed by atoms with Crippen molar-refractivity contribution in [2.45, 2.75) is 38.9 Å². The lowest BCUT2D eigenvalue weighted by atomic mass is 10.1. The van der Waals surface area contributed by atoms with E-state index in [2.05, 4.69) is 63.6 Å². The molecule has 1 saturated heterocycles. The highest BCUT2D eigenvalue weighted by Gasteiger charge is 2.22. The summed E-state index contributed by atoms with van der Waals surface area (Å²) in [5.41, 5.74) is 3.72. The van der Waals surface area contributed by atoms with Crippen molar-refractivity contribution >= 4 is 5.95 Å². The second kappa shape index (κ2) is 10.1. The predicted octanol–water partition coefficient (Wildman–Crippen LogP) is 4.26. The number of halogens is 2. The molecular weight excluding hydrogens is 408 g/mol. The van der Waals surface area contributed by atoms with E-state index in [4.69, 9.17) is 0 Å². The van der Waals surface area contributed by atoms with Gasteiger partial charge in [0, 0.05) is 56.1 Å². The van der Waals surface area contributed by atoms with Gasteiger partial charge in [-0.3, -0.25) is 4.90 Å². The summed E-state index contributed by atoms with van der Waals surface area (Å²) >= 11 is 0. The van der Waals surface area contributed by atoms with Crippen LogP contribution in [0.5, 0.6) is 0 Å². The highest BCUT2D eigenvalue weighted by atomic mass is 19.1. The molecule has 7 heteroatoms. The smallest absolute Gasteiger partial charge is 0.223 e. The van der Waals surface area contributed by atoms with Crippen molar-refractivity contribution in [2.24, 2.45) is 0 Å². The minimum Gasteiger partial charge on any atom is -0.354 e. The number of nitrogens with one attached hydrogen (secondary N) is 2. The van der Waals surface area contributed by atoms with Gasteiger partial charge < -0.3 is 10.6 Å². The maximum absolute atomic E-state index is 13.3. The Labute approximate surface area is 187 Å². The van der Waals surface area contributed by atoms with Crippen molar-refractivity contribution in [3.8, 4) is 11.3 Å². The van der Waals surface area contributed by atoms with Gasteiger partial charge in [-0.1, -0.05) is 18.2 Å². The van der Waals surface area contributed by atoms with Gasteiger partial charge in [-0.25, -0.2) is 18.7 Å². The Morgan fingerprint density at radius 1 is 1.06 bits per heavy atom. The zero-order chi connectivity index (χ0) is 22.5. The average molecular weight is 438 g/mol. The Kier molecular flexibility index (Phi) is 7.07. The van der Waals surface area contributed by atoms with Crippen LogP contribution in [0.15, 0.2) is 54.7 Å². The molecule has 0 amide bonds. The molecule has 2 heterocycles. The molecule has 0 unspecified atom stereocenters. The van der Waals surface area contributed by atoms with Crippen molar-refractivity contribution < 1.29 is 8.78 Å². The van der Waals surface area contributed by atoms with Crippen LogP contribution in [0.2, 0.25) is 0 Å². The molecule has 4 rings (SSSR count). The summed E-state index contributed by atoms with van der Waals surface area (Å²) in [6, 6.07) is 14.9. The minimum atomic E-state index is -0.567. The zero-order valence-electron chi connectivity index (χ0n) is 18.5. The Morgan fingerprint density at radius 2 is 1.88 bits per heavy atom. The number of benzene rings is 2. The van der Waals surface area contributed by atoms with Crippen molar-refractivity contribution in [3.05, 3.63) is 77.5 Å². The highest BCUT2D eigenvalue weighted by molar-refractivity contribution is 5.61. The molecule has 2 N–H and O–H groups in total. The number of aromatic nitrogens is 2. The van der Waals surface area contributed by atoms with E-state index in [1.165, 1.54) is 17.7 Å². The molecule has 0 radical (unpaired) electrons. The summed E-state index contributed by atoms with van der Waals surface area (Å²) in [7, 11) is 0. The molecule has 2 aromatic carbocycles. The summed E-state index contributed by atoms with van der Waals surface area (Å²) in [5, 5.41) is 6.67. The number of nitrogens with zero attached hydrogens (tertiary/aromatic N) is 3. The standard InChI is InChI=1S/C25H29F2N5/c1-17-15-32(18(2)14-30-17)16-20-4-3-5-21(10-20)24-7-9-29-25(31-24)28-8-6-19-11-22(26)13-23(27)12-19/h3-5,7,9-13,17-18,30H,6,8,14-16H2,1-2H3,(H,28,29,31)/t17-,18-/m0/s1. The van der Waals surface area contributed by atoms with Gasteiger partial charge in [-0.05, 0) is 55.7 Å². The number of piperazine rings is 1. The van der Waals surface area contributed by atoms with Crippen LogP contribution in [-0.4, -0.2) is 46.6 Å². The monoisotopic (exact) mass is 437 g/mol. The maximum Gasteiger partial charge on any atom is 0.223 e. The molecular formula is C25H29F2N5. The van der Waals surface area contributed by atoms with Gasteiger partial charge in [0.15, 0.2) is 0 Å². The molecule has 32 heavy (non-hydrogen) atoms. The fourth-order valence-electron chi connectivity index (χ4n) is 4.06. The molecule has 3 aromatic rings. The molecule has 0 spiro atoms. The van der Waals surface area contributed by atoms with Crippen LogP contribution in [0.3, 0.4) is 0 Å². The quantitative estimate of drug-likeness (QED) is 0.579. The van der Waals surface area contributed by atoms with Gasteiger partial charge in [0.05, 0.1) is 5.69 Å². The van der Waals surface area contributed by atoms with Gasteiger partial charge in [-0.15, -0.1) is 0 Å². The molecule has 1 fully saturated rings. The van der Waals surface area contributed by atoms with Crippen LogP contribution in [0.25, 0.3) is 11.3 Å². The molecule has 0 aliphatic carbocycles. The first-order valence-electron chi connectivity index (χ1n) is 11.0. The normalized spacial score (nSPS) is 19.1. The van der Waals surface area contributed by atoms with Crippen molar-refractivity contribution in [1.82, 2.24) is 20.2 Å². The van der Waals surface area contributed by atoms with E-state index in [-0.39, 0.29) is 0 Å². The highest BCUT2D eigenvalue weighted by Crippen LogP contribution is 2.21. The van der Waals surface area contributed by atoms with Crippen molar-refractivity contribution in [3.63, 3.8) is 0 Å². The van der Waals surface area contributed by atoms with Crippen LogP contribution in [0, 0.1) is 11.6 Å². The number of rotatable bonds is 7. The van der Waals surface area contributed by atoms with Gasteiger partial charge >= 0.3 is 0 Å². The molecule has 1 aliphatic rings. The molecule has 0 saturated carbocycles. The van der Waals surface area contributed by atoms with E-state index in [1.807, 2.05) is 6.07 Å². The molecule has 5 nitrogen and oxygen atoms in total. The van der Waals surface area contributed by atoms with Crippen LogP contribution >= 0.6 is 0 Å². The van der Waals surface area contributed by atoms with E-state index in [9.17, 15) is 8.78 Å². The first kappa shape index (κ1) is 22.3. The van der Waals surface area contributed by atoms with E-state index in [0.717, 1.165) is 37.0 Å². The molecule has 2 atom stereocenters. The van der Waals surface area contributed by atoms with Gasteiger partial charge in [0.1, 0.15) is 11.6 Å². The first-order chi connectivity index (χ1) is 15.5. The Morgan fingerprint density at radius 3 is 2.69 bits per heavy atom. The van der Waals surface area contributed by atoms with Gasteiger partial charge in [0.2, 0.25) is 5.95 Å². The number of hydrogen-bond donors (Lipinski definition) is 2. The molecule has 1 aliphatic heterocycles. The fourth-order valence-corrected chi connectivity index (χ4v) is 4.06. The van der Waals surface area contributed by atoms with Crippen molar-refractivity contribution in [1.29, 1.82) is 0 Å². The third-order valence-corrected chi connectivity index (χ3v) is 5.78. The van der Waals surface area contributed by atoms with Crippen molar-refractivity contribution in [2.75, 3.05) is 25.0 Å². The lowest BCUT2D eigenvalue weighted by Crippen LogP contribution is -2.53. The van der Waals surface area contributed by atoms with E-state index in [0.29, 0.717) is 36.6 Å². The van der Waals surface area contributed by atoms with E-state index < -0.39 is 11.6 Å². The van der Waals surface area contributed by atoms with Crippen LogP contribution < -0.4 is 10.6 Å². The summed E-state index contributed by atoms with van der Waals surface area (Å²) in [6.45, 7) is 7.89. The Balaban J connectivity index is 1.41. The third kappa shape index (κ3) is 5.87. The largest absolute Gasteiger partial charge is 0.354 e. The van der Waals surface area contributed by atoms with Gasteiger partial charge in [0.25, 0.3) is 0 Å². The molecule has 168 valence electrons. The average Bonchev–Trinajstić information content (AvgIpc) is 2.76. The summed E-state index contributed by atoms with van der Waals surface area (Å²) in [5.74, 6) is -0.639. The SMILES string of the molecule is C[C@H]1CN(Cc2cccc(-c3ccnc(NCCc4cc(F)cc(F)c4)n3)c2)[C@@H](C)CN1. The lowest BCUT2D eigenvalue weighted by Gasteiger charge is -2.37. The summed E-state index contributed by atoms with van der Waals surface area (Å²) in [4.78, 5) is 11.4. The van der Waals surface area contributed by atoms with Crippen LogP contribution in [0.1, 0.15) is 25.0 Å². The topological polar surface area (TPSA) is 53.1 Å². The third-order valence-electron chi connectivity index (χ3n) is 5.78. The number of hydrogen-bond acceptors (Lipinski definition) is 5. The molecule has 0 bridgehead atoms. The first-order valence-corrected chi connectivity index (χ1v) is 11.0. The lowest BCUT2D eigenvalue weighted by molar-refractivity contribution is 0.139. The Hall–Kier alpha value is -2.90. The number of anilines is 1. The Bertz CT molecular complexity index is 1040.